The number of hydrogen-bond acceptors (Lipinski definition) is 4. The number of nitrogens with one attached hydrogen (secondary N) is 1. The van der Waals surface area contributed by atoms with Crippen LogP contribution in [0, 0.1) is 11.3 Å². The van der Waals surface area contributed by atoms with Crippen LogP contribution in [0.4, 0.5) is 0 Å². The third-order valence-corrected chi connectivity index (χ3v) is 6.02. The van der Waals surface area contributed by atoms with Gasteiger partial charge in [0.15, 0.2) is 5.78 Å². The van der Waals surface area contributed by atoms with Crippen LogP contribution in [-0.2, 0) is 0 Å². The highest BCUT2D eigenvalue weighted by molar-refractivity contribution is 8.02. The summed E-state index contributed by atoms with van der Waals surface area (Å²) < 4.78 is 0. The number of benzene rings is 3. The summed E-state index contributed by atoms with van der Waals surface area (Å²) in [5, 5.41) is 13.8. The van der Waals surface area contributed by atoms with Crippen molar-refractivity contribution in [2.45, 2.75) is 12.3 Å². The van der Waals surface area contributed by atoms with Crippen LogP contribution in [0.1, 0.15) is 38.6 Å². The highest BCUT2D eigenvalue weighted by Gasteiger charge is 2.27. The summed E-state index contributed by atoms with van der Waals surface area (Å²) >= 11 is 7.71. The Hall–Kier alpha value is -3.33. The maximum Gasteiger partial charge on any atom is 0.256 e. The number of ketones is 1. The van der Waals surface area contributed by atoms with Gasteiger partial charge in [0.05, 0.1) is 16.7 Å². The maximum absolute atomic E-state index is 13.0. The number of amides is 1. The van der Waals surface area contributed by atoms with Crippen molar-refractivity contribution in [3.05, 3.63) is 117 Å². The lowest BCUT2D eigenvalue weighted by Crippen LogP contribution is -2.24. The molecule has 0 fully saturated rings. The van der Waals surface area contributed by atoms with Crippen LogP contribution in [0.3, 0.4) is 0 Å². The average Bonchev–Trinajstić information content (AvgIpc) is 2.84. The molecule has 32 heavy (non-hydrogen) atoms. The van der Waals surface area contributed by atoms with Crippen molar-refractivity contribution in [3.63, 3.8) is 0 Å². The second-order valence-corrected chi connectivity index (χ2v) is 8.17. The molecule has 3 rings (SSSR count). The van der Waals surface area contributed by atoms with E-state index in [1.54, 1.807) is 73.0 Å². The molecule has 3 aromatic rings. The third-order valence-electron chi connectivity index (χ3n) is 4.95. The van der Waals surface area contributed by atoms with Crippen molar-refractivity contribution in [3.8, 4) is 6.07 Å². The Labute approximate surface area is 196 Å². The Bertz CT molecular complexity index is 1170. The molecule has 0 aliphatic rings. The number of allylic oxidation sites excluding steroid dienone is 1. The molecule has 0 aliphatic heterocycles. The molecular formula is C26H21ClN2O2S. The van der Waals surface area contributed by atoms with E-state index < -0.39 is 5.92 Å². The number of nitriles is 1. The molecule has 1 unspecified atom stereocenters. The van der Waals surface area contributed by atoms with Crippen molar-refractivity contribution in [1.82, 2.24) is 5.32 Å². The number of hydrogen-bond donors (Lipinski definition) is 1. The first kappa shape index (κ1) is 23.3. The summed E-state index contributed by atoms with van der Waals surface area (Å²) in [4.78, 5) is 25.8. The molecule has 0 radical (unpaired) electrons. The molecule has 0 saturated heterocycles. The van der Waals surface area contributed by atoms with Gasteiger partial charge in [-0.3, -0.25) is 9.59 Å². The first-order valence-electron chi connectivity index (χ1n) is 9.92. The van der Waals surface area contributed by atoms with Crippen LogP contribution in [0.15, 0.2) is 95.5 Å². The van der Waals surface area contributed by atoms with Crippen molar-refractivity contribution in [2.75, 3.05) is 6.26 Å². The number of carbonyl (C=O) groups excluding carboxylic acids is 2. The number of Topliss-reactive ketones (excluding diaryl/α,β-unsaturated/α-hetero) is 1. The topological polar surface area (TPSA) is 70.0 Å². The molecular weight excluding hydrogens is 440 g/mol. The van der Waals surface area contributed by atoms with Crippen LogP contribution in [0.25, 0.3) is 0 Å². The largest absolute Gasteiger partial charge is 0.316 e. The summed E-state index contributed by atoms with van der Waals surface area (Å²) in [5.41, 5.74) is 1.99. The molecule has 160 valence electrons. The van der Waals surface area contributed by atoms with Crippen molar-refractivity contribution in [1.29, 1.82) is 5.26 Å². The lowest BCUT2D eigenvalue weighted by Gasteiger charge is -2.20. The number of nitrogens with zero attached hydrogens (tertiary/aromatic N) is 1. The Morgan fingerprint density at radius 3 is 2.06 bits per heavy atom. The predicted octanol–water partition coefficient (Wildman–Crippen LogP) is 6.22. The molecule has 1 atom stereocenters. The minimum absolute atomic E-state index is 0.0436. The maximum atomic E-state index is 13.0. The second-order valence-electron chi connectivity index (χ2n) is 6.95. The van der Waals surface area contributed by atoms with Gasteiger partial charge in [0.1, 0.15) is 0 Å². The fraction of sp³-hybridized carbons (Fsp3) is 0.115. The monoisotopic (exact) mass is 460 g/mol. The normalized spacial score (nSPS) is 12.3. The number of thioether (sulfide) groups is 1. The molecule has 0 spiro atoms. The van der Waals surface area contributed by atoms with Crippen molar-refractivity contribution < 1.29 is 9.59 Å². The van der Waals surface area contributed by atoms with Crippen molar-refractivity contribution in [2.24, 2.45) is 0 Å². The zero-order valence-electron chi connectivity index (χ0n) is 17.4. The van der Waals surface area contributed by atoms with E-state index in [4.69, 9.17) is 11.6 Å². The molecule has 1 N–H and O–H groups in total. The SMILES string of the molecule is CSC(NC(=O)c1ccccc1)=C(C#N)C(CC(=O)c1ccccc1)c1ccccc1Cl. The average molecular weight is 461 g/mol. The van der Waals surface area contributed by atoms with Gasteiger partial charge in [0.25, 0.3) is 5.91 Å². The van der Waals surface area contributed by atoms with E-state index in [9.17, 15) is 14.9 Å². The summed E-state index contributed by atoms with van der Waals surface area (Å²) in [7, 11) is 0. The minimum atomic E-state index is -0.611. The minimum Gasteiger partial charge on any atom is -0.316 e. The molecule has 1 amide bonds. The number of rotatable bonds is 8. The Morgan fingerprint density at radius 2 is 1.50 bits per heavy atom. The third kappa shape index (κ3) is 5.67. The molecule has 0 aliphatic carbocycles. The quantitative estimate of drug-likeness (QED) is 0.319. The summed E-state index contributed by atoms with van der Waals surface area (Å²) in [6.45, 7) is 0. The predicted molar refractivity (Wildman–Crippen MR) is 130 cm³/mol. The smallest absolute Gasteiger partial charge is 0.256 e. The number of carbonyl (C=O) groups is 2. The van der Waals surface area contributed by atoms with Crippen LogP contribution in [0.2, 0.25) is 5.02 Å². The van der Waals surface area contributed by atoms with Gasteiger partial charge in [-0.25, -0.2) is 0 Å². The number of halogens is 1. The van der Waals surface area contributed by atoms with E-state index >= 15 is 0 Å². The summed E-state index contributed by atoms with van der Waals surface area (Å²) in [5.74, 6) is -1.05. The van der Waals surface area contributed by atoms with Crippen LogP contribution in [-0.4, -0.2) is 17.9 Å². The van der Waals surface area contributed by atoms with Gasteiger partial charge >= 0.3 is 0 Å². The van der Waals surface area contributed by atoms with Crippen LogP contribution < -0.4 is 5.32 Å². The standard InChI is InChI=1S/C26H21ClN2O2S/c1-32-26(29-25(31)19-12-6-3-7-13-19)22(17-28)21(20-14-8-9-15-23(20)27)16-24(30)18-10-4-2-5-11-18/h2-15,21H,16H2,1H3,(H,29,31). The molecule has 4 nitrogen and oxygen atoms in total. The fourth-order valence-electron chi connectivity index (χ4n) is 3.33. The summed E-state index contributed by atoms with van der Waals surface area (Å²) in [6.07, 6.45) is 1.82. The molecule has 0 saturated carbocycles. The van der Waals surface area contributed by atoms with Gasteiger partial charge in [-0.1, -0.05) is 78.3 Å². The highest BCUT2D eigenvalue weighted by atomic mass is 35.5. The lowest BCUT2D eigenvalue weighted by molar-refractivity contribution is 0.0966. The molecule has 3 aromatic carbocycles. The molecule has 0 heterocycles. The van der Waals surface area contributed by atoms with Crippen molar-refractivity contribution >= 4 is 35.1 Å². The first-order chi connectivity index (χ1) is 15.5. The zero-order valence-corrected chi connectivity index (χ0v) is 19.0. The van der Waals surface area contributed by atoms with Gasteiger partial charge in [0, 0.05) is 28.5 Å². The second kappa shape index (κ2) is 11.3. The van der Waals surface area contributed by atoms with E-state index in [1.165, 1.54) is 11.8 Å². The van der Waals surface area contributed by atoms with E-state index in [0.29, 0.717) is 32.3 Å². The molecule has 0 aromatic heterocycles. The van der Waals surface area contributed by atoms with Gasteiger partial charge in [-0.2, -0.15) is 5.26 Å². The Balaban J connectivity index is 2.03. The van der Waals surface area contributed by atoms with Crippen LogP contribution in [0.5, 0.6) is 0 Å². The van der Waals surface area contributed by atoms with Gasteiger partial charge in [-0.05, 0) is 30.0 Å². The van der Waals surface area contributed by atoms with E-state index in [0.717, 1.165) is 0 Å². The molecule has 6 heteroatoms. The Kier molecular flexibility index (Phi) is 8.27. The van der Waals surface area contributed by atoms with Gasteiger partial charge < -0.3 is 5.32 Å². The fourth-order valence-corrected chi connectivity index (χ4v) is 4.20. The van der Waals surface area contributed by atoms with E-state index in [2.05, 4.69) is 11.4 Å². The zero-order chi connectivity index (χ0) is 22.9. The van der Waals surface area contributed by atoms with E-state index in [-0.39, 0.29) is 18.1 Å². The van der Waals surface area contributed by atoms with Gasteiger partial charge in [0.2, 0.25) is 0 Å². The van der Waals surface area contributed by atoms with Crippen LogP contribution >= 0.6 is 23.4 Å². The summed E-state index contributed by atoms with van der Waals surface area (Å²) in [6, 6.07) is 27.1. The highest BCUT2D eigenvalue weighted by Crippen LogP contribution is 2.36. The molecule has 0 bridgehead atoms. The first-order valence-corrected chi connectivity index (χ1v) is 11.5. The van der Waals surface area contributed by atoms with E-state index in [1.807, 2.05) is 18.2 Å². The lowest BCUT2D eigenvalue weighted by atomic mass is 9.86. The Morgan fingerprint density at radius 1 is 0.938 bits per heavy atom. The van der Waals surface area contributed by atoms with Gasteiger partial charge in [-0.15, -0.1) is 11.8 Å².